The second kappa shape index (κ2) is 3.43. The molecule has 4 heteroatoms. The first-order valence-electron chi connectivity index (χ1n) is 5.64. The minimum absolute atomic E-state index is 0.417. The van der Waals surface area contributed by atoms with E-state index in [2.05, 4.69) is 27.1 Å². The van der Waals surface area contributed by atoms with Crippen molar-refractivity contribution in [3.63, 3.8) is 0 Å². The molecule has 4 rings (SSSR count). The summed E-state index contributed by atoms with van der Waals surface area (Å²) in [6.07, 6.45) is 1.57. The lowest BCUT2D eigenvalue weighted by Gasteiger charge is -1.99. The molecule has 2 aromatic heterocycles. The van der Waals surface area contributed by atoms with E-state index in [1.807, 2.05) is 24.3 Å². The van der Waals surface area contributed by atoms with Gasteiger partial charge in [-0.1, -0.05) is 29.8 Å². The van der Waals surface area contributed by atoms with Crippen LogP contribution in [0.2, 0.25) is 5.15 Å². The van der Waals surface area contributed by atoms with Gasteiger partial charge in [0.05, 0.1) is 11.7 Å². The molecule has 0 aliphatic heterocycles. The summed E-state index contributed by atoms with van der Waals surface area (Å²) in [4.78, 5) is 12.1. The van der Waals surface area contributed by atoms with Crippen LogP contribution in [0.25, 0.3) is 32.8 Å². The fraction of sp³-hybridized carbons (Fsp3) is 0. The number of halogens is 1. The first-order valence-corrected chi connectivity index (χ1v) is 6.02. The molecule has 0 radical (unpaired) electrons. The molecule has 0 bridgehead atoms. The summed E-state index contributed by atoms with van der Waals surface area (Å²) in [6, 6.07) is 12.1. The van der Waals surface area contributed by atoms with Crippen molar-refractivity contribution in [2.75, 3.05) is 0 Å². The van der Waals surface area contributed by atoms with Crippen LogP contribution in [0.4, 0.5) is 0 Å². The van der Waals surface area contributed by atoms with Crippen LogP contribution in [0.5, 0.6) is 0 Å². The first-order chi connectivity index (χ1) is 8.83. The molecule has 0 amide bonds. The van der Waals surface area contributed by atoms with Crippen LogP contribution in [0.3, 0.4) is 0 Å². The van der Waals surface area contributed by atoms with E-state index in [0.717, 1.165) is 32.8 Å². The van der Waals surface area contributed by atoms with Gasteiger partial charge in [0.15, 0.2) is 0 Å². The molecule has 3 nitrogen and oxygen atoms in total. The normalized spacial score (nSPS) is 11.6. The van der Waals surface area contributed by atoms with Crippen LogP contribution in [0.1, 0.15) is 0 Å². The number of H-pyrrole nitrogens is 1. The molecular weight excluding hydrogens is 246 g/mol. The number of aromatic nitrogens is 3. The van der Waals surface area contributed by atoms with Crippen LogP contribution >= 0.6 is 11.6 Å². The van der Waals surface area contributed by atoms with Crippen LogP contribution in [0, 0.1) is 0 Å². The Labute approximate surface area is 107 Å². The van der Waals surface area contributed by atoms with Crippen molar-refractivity contribution in [1.82, 2.24) is 15.0 Å². The van der Waals surface area contributed by atoms with Gasteiger partial charge in [-0.05, 0) is 18.2 Å². The van der Waals surface area contributed by atoms with E-state index in [1.165, 1.54) is 0 Å². The number of hydrogen-bond donors (Lipinski definition) is 1. The molecule has 0 spiro atoms. The summed E-state index contributed by atoms with van der Waals surface area (Å²) in [6.45, 7) is 0. The number of para-hydroxylation sites is 1. The maximum atomic E-state index is 5.95. The van der Waals surface area contributed by atoms with Gasteiger partial charge in [-0.3, -0.25) is 4.98 Å². The SMILES string of the molecule is Clc1cnc2ccc3[nH]c4ccccc4c3c2n1. The number of benzene rings is 2. The lowest BCUT2D eigenvalue weighted by Crippen LogP contribution is -1.84. The lowest BCUT2D eigenvalue weighted by atomic mass is 10.1. The van der Waals surface area contributed by atoms with E-state index >= 15 is 0 Å². The highest BCUT2D eigenvalue weighted by Crippen LogP contribution is 2.30. The molecule has 0 atom stereocenters. The van der Waals surface area contributed by atoms with Crippen LogP contribution in [-0.4, -0.2) is 15.0 Å². The Morgan fingerprint density at radius 3 is 2.83 bits per heavy atom. The van der Waals surface area contributed by atoms with E-state index in [0.29, 0.717) is 5.15 Å². The van der Waals surface area contributed by atoms with Gasteiger partial charge < -0.3 is 4.98 Å². The molecule has 0 saturated heterocycles. The Hall–Kier alpha value is -2.13. The fourth-order valence-corrected chi connectivity index (χ4v) is 2.52. The number of hydrogen-bond acceptors (Lipinski definition) is 2. The van der Waals surface area contributed by atoms with E-state index in [9.17, 15) is 0 Å². The van der Waals surface area contributed by atoms with E-state index in [-0.39, 0.29) is 0 Å². The van der Waals surface area contributed by atoms with Gasteiger partial charge in [-0.15, -0.1) is 0 Å². The Morgan fingerprint density at radius 2 is 1.89 bits per heavy atom. The molecule has 4 aromatic rings. The van der Waals surface area contributed by atoms with E-state index in [4.69, 9.17) is 11.6 Å². The average Bonchev–Trinajstić information content (AvgIpc) is 2.77. The molecule has 0 saturated carbocycles. The molecule has 2 aromatic carbocycles. The zero-order valence-corrected chi connectivity index (χ0v) is 10.1. The Morgan fingerprint density at radius 1 is 1.00 bits per heavy atom. The minimum Gasteiger partial charge on any atom is -0.354 e. The van der Waals surface area contributed by atoms with Crippen molar-refractivity contribution in [3.8, 4) is 0 Å². The highest BCUT2D eigenvalue weighted by Gasteiger charge is 2.09. The third kappa shape index (κ3) is 1.25. The van der Waals surface area contributed by atoms with Crippen LogP contribution in [0.15, 0.2) is 42.6 Å². The summed E-state index contributed by atoms with van der Waals surface area (Å²) >= 11 is 5.95. The predicted molar refractivity (Wildman–Crippen MR) is 73.9 cm³/mol. The molecule has 0 aliphatic rings. The molecule has 86 valence electrons. The summed E-state index contributed by atoms with van der Waals surface area (Å²) in [5.41, 5.74) is 3.86. The quantitative estimate of drug-likeness (QED) is 0.516. The Bertz CT molecular complexity index is 895. The topological polar surface area (TPSA) is 41.6 Å². The van der Waals surface area contributed by atoms with Gasteiger partial charge in [0.25, 0.3) is 0 Å². The Kier molecular flexibility index (Phi) is 1.88. The van der Waals surface area contributed by atoms with Gasteiger partial charge in [0.2, 0.25) is 0 Å². The van der Waals surface area contributed by atoms with Crippen molar-refractivity contribution in [3.05, 3.63) is 47.7 Å². The number of nitrogens with one attached hydrogen (secondary N) is 1. The predicted octanol–water partition coefficient (Wildman–Crippen LogP) is 3.92. The maximum Gasteiger partial charge on any atom is 0.148 e. The highest BCUT2D eigenvalue weighted by atomic mass is 35.5. The fourth-order valence-electron chi connectivity index (χ4n) is 2.39. The van der Waals surface area contributed by atoms with E-state index in [1.54, 1.807) is 6.20 Å². The maximum absolute atomic E-state index is 5.95. The third-order valence-corrected chi connectivity index (χ3v) is 3.33. The highest BCUT2D eigenvalue weighted by molar-refractivity contribution is 6.30. The van der Waals surface area contributed by atoms with Crippen LogP contribution < -0.4 is 0 Å². The monoisotopic (exact) mass is 253 g/mol. The standard InChI is InChI=1S/C14H8ClN3/c15-12-7-16-11-6-5-10-13(14(11)18-12)8-3-1-2-4-9(8)17-10/h1-7,17H. The molecule has 1 N–H and O–H groups in total. The summed E-state index contributed by atoms with van der Waals surface area (Å²) in [5.74, 6) is 0. The number of aromatic amines is 1. The summed E-state index contributed by atoms with van der Waals surface area (Å²) in [5, 5.41) is 2.65. The number of rotatable bonds is 0. The van der Waals surface area contributed by atoms with Crippen molar-refractivity contribution < 1.29 is 0 Å². The van der Waals surface area contributed by atoms with Crippen molar-refractivity contribution >= 4 is 44.4 Å². The molecule has 18 heavy (non-hydrogen) atoms. The molecule has 0 unspecified atom stereocenters. The smallest absolute Gasteiger partial charge is 0.148 e. The van der Waals surface area contributed by atoms with Gasteiger partial charge in [0, 0.05) is 21.8 Å². The van der Waals surface area contributed by atoms with Crippen molar-refractivity contribution in [2.45, 2.75) is 0 Å². The van der Waals surface area contributed by atoms with Gasteiger partial charge in [-0.25, -0.2) is 4.98 Å². The van der Waals surface area contributed by atoms with Gasteiger partial charge in [0.1, 0.15) is 10.7 Å². The second-order valence-corrected chi connectivity index (χ2v) is 4.61. The van der Waals surface area contributed by atoms with Gasteiger partial charge >= 0.3 is 0 Å². The molecule has 0 fully saturated rings. The molecule has 2 heterocycles. The minimum atomic E-state index is 0.417. The summed E-state index contributed by atoms with van der Waals surface area (Å²) in [7, 11) is 0. The number of fused-ring (bicyclic) bond motifs is 5. The van der Waals surface area contributed by atoms with E-state index < -0.39 is 0 Å². The second-order valence-electron chi connectivity index (χ2n) is 4.22. The first kappa shape index (κ1) is 9.85. The number of nitrogens with zero attached hydrogens (tertiary/aromatic N) is 2. The van der Waals surface area contributed by atoms with Crippen molar-refractivity contribution in [2.24, 2.45) is 0 Å². The third-order valence-electron chi connectivity index (χ3n) is 3.15. The molecular formula is C14H8ClN3. The molecule has 0 aliphatic carbocycles. The van der Waals surface area contributed by atoms with Gasteiger partial charge in [-0.2, -0.15) is 0 Å². The van der Waals surface area contributed by atoms with Crippen molar-refractivity contribution in [1.29, 1.82) is 0 Å². The lowest BCUT2D eigenvalue weighted by molar-refractivity contribution is 1.30. The Balaban J connectivity index is 2.35. The average molecular weight is 254 g/mol. The summed E-state index contributed by atoms with van der Waals surface area (Å²) < 4.78 is 0. The zero-order chi connectivity index (χ0) is 12.1. The zero-order valence-electron chi connectivity index (χ0n) is 9.31. The largest absolute Gasteiger partial charge is 0.354 e. The van der Waals surface area contributed by atoms with Crippen LogP contribution in [-0.2, 0) is 0 Å².